The number of carboxylic acids is 1. The average molecular weight is 429 g/mol. The van der Waals surface area contributed by atoms with Crippen LogP contribution in [0.25, 0.3) is 11.1 Å². The van der Waals surface area contributed by atoms with E-state index in [2.05, 4.69) is 0 Å². The van der Waals surface area contributed by atoms with E-state index < -0.39 is 30.5 Å². The predicted molar refractivity (Wildman–Crippen MR) is 113 cm³/mol. The Morgan fingerprint density at radius 3 is 2.61 bits per heavy atom. The summed E-state index contributed by atoms with van der Waals surface area (Å²) < 4.78 is 44.6. The molecule has 0 amide bonds. The maximum atomic E-state index is 12.2. The van der Waals surface area contributed by atoms with Crippen LogP contribution in [0.3, 0.4) is 0 Å². The van der Waals surface area contributed by atoms with Crippen LogP contribution in [0.5, 0.6) is 17.2 Å². The summed E-state index contributed by atoms with van der Waals surface area (Å²) in [5.74, 6) is -1.12. The Hall–Kier alpha value is -3.22. The lowest BCUT2D eigenvalue weighted by atomic mass is 9.64. The van der Waals surface area contributed by atoms with Gasteiger partial charge in [0.1, 0.15) is 18.1 Å². The topological polar surface area (TPSA) is 91.3 Å². The summed E-state index contributed by atoms with van der Waals surface area (Å²) >= 11 is 0. The predicted octanol–water partition coefficient (Wildman–Crippen LogP) is 4.45. The number of aliphatic carboxylic acids is 1. The van der Waals surface area contributed by atoms with Gasteiger partial charge in [-0.3, -0.25) is 4.79 Å². The number of carboxylic acid groups (broad SMARTS) is 1. The second-order valence-corrected chi connectivity index (χ2v) is 7.85. The second kappa shape index (κ2) is 8.13. The van der Waals surface area contributed by atoms with Crippen LogP contribution in [0.15, 0.2) is 30.3 Å². The van der Waals surface area contributed by atoms with Crippen LogP contribution in [0.4, 0.5) is 0 Å². The van der Waals surface area contributed by atoms with Gasteiger partial charge in [-0.2, -0.15) is 0 Å². The summed E-state index contributed by atoms with van der Waals surface area (Å²) in [5, 5.41) is 9.96. The highest BCUT2D eigenvalue weighted by Crippen LogP contribution is 2.51. The Kier molecular flexibility index (Phi) is 4.58. The molecule has 7 heteroatoms. The molecule has 2 aliphatic rings. The first kappa shape index (κ1) is 17.5. The maximum Gasteiger partial charge on any atom is 0.338 e. The largest absolute Gasteiger partial charge is 0.493 e. The van der Waals surface area contributed by atoms with Gasteiger partial charge in [0.25, 0.3) is 0 Å². The van der Waals surface area contributed by atoms with E-state index in [1.54, 1.807) is 24.3 Å². The fourth-order valence-corrected chi connectivity index (χ4v) is 4.42. The number of esters is 1. The van der Waals surface area contributed by atoms with Crippen LogP contribution in [-0.4, -0.2) is 37.3 Å². The van der Waals surface area contributed by atoms with Crippen molar-refractivity contribution in [2.24, 2.45) is 5.41 Å². The zero-order chi connectivity index (χ0) is 24.7. The molecular formula is C24H26O7. The molecule has 0 aromatic heterocycles. The molecule has 0 spiro atoms. The summed E-state index contributed by atoms with van der Waals surface area (Å²) in [5.41, 5.74) is 1.39. The van der Waals surface area contributed by atoms with Gasteiger partial charge < -0.3 is 24.1 Å². The minimum Gasteiger partial charge on any atom is -0.493 e. The molecule has 7 nitrogen and oxygen atoms in total. The number of methoxy groups -OCH3 is 2. The van der Waals surface area contributed by atoms with Crippen LogP contribution < -0.4 is 14.2 Å². The normalized spacial score (nSPS) is 19.0. The first-order valence-corrected chi connectivity index (χ1v) is 10.2. The monoisotopic (exact) mass is 429 g/mol. The van der Waals surface area contributed by atoms with Gasteiger partial charge in [-0.15, -0.1) is 0 Å². The lowest BCUT2D eigenvalue weighted by Crippen LogP contribution is -2.50. The first-order valence-electron chi connectivity index (χ1n) is 11.7. The fraction of sp³-hybridized carbons (Fsp3) is 0.417. The molecule has 0 saturated heterocycles. The molecule has 1 unspecified atom stereocenters. The summed E-state index contributed by atoms with van der Waals surface area (Å²) in [7, 11) is -1.36. The second-order valence-electron chi connectivity index (χ2n) is 7.85. The standard InChI is InChI=1S/C24H26O7/c1-4-19(24(23(26)27)10-5-11-24)31-20-16(8-9-18(28-2)21(20)29-3)14-6-7-17-15(12-14)13-30-22(17)25/h6-9,12,19H,4-5,10-11,13H2,1-3H3,(H,26,27)/i2D3. The molecule has 0 radical (unpaired) electrons. The molecule has 1 saturated carbocycles. The average Bonchev–Trinajstić information content (AvgIpc) is 3.11. The molecule has 1 heterocycles. The molecule has 1 aliphatic heterocycles. The number of rotatable bonds is 8. The highest BCUT2D eigenvalue weighted by Gasteiger charge is 2.52. The highest BCUT2D eigenvalue weighted by molar-refractivity contribution is 5.94. The van der Waals surface area contributed by atoms with Crippen LogP contribution >= 0.6 is 0 Å². The van der Waals surface area contributed by atoms with E-state index in [1.165, 1.54) is 13.2 Å². The molecule has 4 rings (SSSR count). The van der Waals surface area contributed by atoms with E-state index in [4.69, 9.17) is 23.1 Å². The number of cyclic esters (lactones) is 1. The molecule has 31 heavy (non-hydrogen) atoms. The van der Waals surface area contributed by atoms with Gasteiger partial charge in [0.15, 0.2) is 11.5 Å². The summed E-state index contributed by atoms with van der Waals surface area (Å²) in [6.45, 7) is 2.00. The third-order valence-electron chi connectivity index (χ3n) is 6.30. The van der Waals surface area contributed by atoms with E-state index >= 15 is 0 Å². The van der Waals surface area contributed by atoms with Crippen molar-refractivity contribution in [1.29, 1.82) is 0 Å². The van der Waals surface area contributed by atoms with Crippen LogP contribution in [0.1, 0.15) is 52.6 Å². The first-order chi connectivity index (χ1) is 16.1. The molecular weight excluding hydrogens is 400 g/mol. The number of hydrogen-bond donors (Lipinski definition) is 1. The summed E-state index contributed by atoms with van der Waals surface area (Å²) in [6.07, 6.45) is 1.52. The van der Waals surface area contributed by atoms with E-state index in [0.29, 0.717) is 41.5 Å². The molecule has 1 aliphatic carbocycles. The van der Waals surface area contributed by atoms with Gasteiger partial charge in [0, 0.05) is 11.1 Å². The number of hydrogen-bond acceptors (Lipinski definition) is 6. The lowest BCUT2D eigenvalue weighted by Gasteiger charge is -2.43. The Bertz CT molecular complexity index is 1120. The molecule has 164 valence electrons. The minimum absolute atomic E-state index is 0.0474. The molecule has 1 atom stereocenters. The van der Waals surface area contributed by atoms with Crippen LogP contribution in [0, 0.1) is 5.41 Å². The quantitative estimate of drug-likeness (QED) is 0.620. The lowest BCUT2D eigenvalue weighted by molar-refractivity contribution is -0.163. The van der Waals surface area contributed by atoms with Crippen LogP contribution in [0.2, 0.25) is 0 Å². The maximum absolute atomic E-state index is 12.2. The third-order valence-corrected chi connectivity index (χ3v) is 6.30. The molecule has 2 aromatic rings. The van der Waals surface area contributed by atoms with Crippen molar-refractivity contribution in [2.75, 3.05) is 14.1 Å². The number of ether oxygens (including phenoxy) is 4. The van der Waals surface area contributed by atoms with E-state index in [1.807, 2.05) is 6.92 Å². The summed E-state index contributed by atoms with van der Waals surface area (Å²) in [6, 6.07) is 8.29. The number of carbonyl (C=O) groups excluding carboxylic acids is 1. The zero-order valence-corrected chi connectivity index (χ0v) is 17.4. The van der Waals surface area contributed by atoms with Gasteiger partial charge in [-0.05, 0) is 49.1 Å². The number of fused-ring (bicyclic) bond motifs is 1. The van der Waals surface area contributed by atoms with Gasteiger partial charge in [-0.1, -0.05) is 19.4 Å². The number of benzene rings is 2. The SMILES string of the molecule is [2H]C([2H])([2H])Oc1ccc(-c2ccc3c(c2)COC3=O)c(OC(CC)C2(C(=O)O)CCC2)c1OC. The van der Waals surface area contributed by atoms with Crippen molar-refractivity contribution < 1.29 is 37.8 Å². The van der Waals surface area contributed by atoms with E-state index in [0.717, 1.165) is 6.42 Å². The van der Waals surface area contributed by atoms with E-state index in [9.17, 15) is 14.7 Å². The molecule has 1 N–H and O–H groups in total. The van der Waals surface area contributed by atoms with Crippen molar-refractivity contribution >= 4 is 11.9 Å². The number of carbonyl (C=O) groups is 2. The van der Waals surface area contributed by atoms with Crippen LogP contribution in [-0.2, 0) is 16.1 Å². The van der Waals surface area contributed by atoms with Gasteiger partial charge in [0.05, 0.1) is 23.8 Å². The van der Waals surface area contributed by atoms with Crippen molar-refractivity contribution in [3.63, 3.8) is 0 Å². The van der Waals surface area contributed by atoms with Gasteiger partial charge >= 0.3 is 11.9 Å². The Labute approximate surface area is 185 Å². The van der Waals surface area contributed by atoms with Crippen molar-refractivity contribution in [2.45, 2.75) is 45.3 Å². The fourth-order valence-electron chi connectivity index (χ4n) is 4.42. The van der Waals surface area contributed by atoms with Gasteiger partial charge in [-0.25, -0.2) is 4.79 Å². The van der Waals surface area contributed by atoms with Crippen molar-refractivity contribution in [3.05, 3.63) is 41.5 Å². The van der Waals surface area contributed by atoms with Gasteiger partial charge in [0.2, 0.25) is 5.75 Å². The minimum atomic E-state index is -2.72. The Morgan fingerprint density at radius 2 is 2.00 bits per heavy atom. The smallest absolute Gasteiger partial charge is 0.338 e. The molecule has 1 fully saturated rings. The Balaban J connectivity index is 1.85. The molecule has 2 aromatic carbocycles. The molecule has 0 bridgehead atoms. The third kappa shape index (κ3) is 3.38. The van der Waals surface area contributed by atoms with Crippen molar-refractivity contribution in [3.8, 4) is 28.4 Å². The van der Waals surface area contributed by atoms with Crippen molar-refractivity contribution in [1.82, 2.24) is 0 Å². The Morgan fingerprint density at radius 1 is 1.23 bits per heavy atom. The zero-order valence-electron chi connectivity index (χ0n) is 20.4. The summed E-state index contributed by atoms with van der Waals surface area (Å²) in [4.78, 5) is 24.0. The van der Waals surface area contributed by atoms with E-state index in [-0.39, 0.29) is 23.9 Å². The highest BCUT2D eigenvalue weighted by atomic mass is 16.5.